The Labute approximate surface area is 73.7 Å². The van der Waals surface area contributed by atoms with Crippen molar-refractivity contribution >= 4 is 0 Å². The Morgan fingerprint density at radius 1 is 1.00 bits per heavy atom. The normalized spacial score (nSPS) is 28.0. The van der Waals surface area contributed by atoms with E-state index in [2.05, 4.69) is 20.1 Å². The van der Waals surface area contributed by atoms with Crippen molar-refractivity contribution in [3.05, 3.63) is 20.9 Å². The van der Waals surface area contributed by atoms with Crippen LogP contribution in [0.5, 0.6) is 0 Å². The minimum atomic E-state index is -0.483. The third kappa shape index (κ3) is 2.81. The number of azide groups is 2. The van der Waals surface area contributed by atoms with Gasteiger partial charge < -0.3 is 9.47 Å². The minimum absolute atomic E-state index is 0.134. The predicted octanol–water partition coefficient (Wildman–Crippen LogP) is 1.35. The zero-order valence-electron chi connectivity index (χ0n) is 6.78. The molecule has 1 heterocycles. The molecule has 0 aromatic heterocycles. The molecule has 0 N–H and O–H groups in total. The van der Waals surface area contributed by atoms with E-state index in [1.807, 2.05) is 0 Å². The molecule has 0 aliphatic carbocycles. The lowest BCUT2D eigenvalue weighted by Crippen LogP contribution is -2.27. The van der Waals surface area contributed by atoms with Crippen LogP contribution in [0.25, 0.3) is 20.9 Å². The standard InChI is InChI=1S/C5H8N6O2/c6-10-8-4-1-12-3-13-2-5(4)9-11-7/h4-5H,1-3H2. The Morgan fingerprint density at radius 2 is 1.46 bits per heavy atom. The van der Waals surface area contributed by atoms with Gasteiger partial charge in [0.2, 0.25) is 0 Å². The molecule has 0 aromatic carbocycles. The van der Waals surface area contributed by atoms with Crippen LogP contribution < -0.4 is 0 Å². The Bertz CT molecular complexity index is 230. The van der Waals surface area contributed by atoms with Gasteiger partial charge >= 0.3 is 0 Å². The molecule has 1 fully saturated rings. The van der Waals surface area contributed by atoms with Crippen LogP contribution in [0.3, 0.4) is 0 Å². The second-order valence-corrected chi connectivity index (χ2v) is 2.40. The van der Waals surface area contributed by atoms with E-state index in [1.54, 1.807) is 0 Å². The monoisotopic (exact) mass is 184 g/mol. The van der Waals surface area contributed by atoms with Gasteiger partial charge in [-0.15, -0.1) is 0 Å². The van der Waals surface area contributed by atoms with E-state index in [9.17, 15) is 0 Å². The maximum Gasteiger partial charge on any atom is 0.146 e. The van der Waals surface area contributed by atoms with Crippen LogP contribution in [-0.2, 0) is 9.47 Å². The molecule has 0 spiro atoms. The molecule has 0 bridgehead atoms. The molecule has 8 heteroatoms. The Kier molecular flexibility index (Phi) is 3.87. The molecule has 2 atom stereocenters. The van der Waals surface area contributed by atoms with Gasteiger partial charge in [0.25, 0.3) is 0 Å². The van der Waals surface area contributed by atoms with Gasteiger partial charge in [0, 0.05) is 9.82 Å². The van der Waals surface area contributed by atoms with Gasteiger partial charge in [0.15, 0.2) is 0 Å². The summed E-state index contributed by atoms with van der Waals surface area (Å²) in [5.41, 5.74) is 16.4. The minimum Gasteiger partial charge on any atom is -0.355 e. The molecule has 0 radical (unpaired) electrons. The average Bonchev–Trinajstić information content (AvgIpc) is 2.33. The summed E-state index contributed by atoms with van der Waals surface area (Å²) in [6.07, 6.45) is 0. The molecular weight excluding hydrogens is 176 g/mol. The number of rotatable bonds is 2. The van der Waals surface area contributed by atoms with Gasteiger partial charge in [0.1, 0.15) is 6.79 Å². The largest absolute Gasteiger partial charge is 0.355 e. The maximum atomic E-state index is 8.22. The van der Waals surface area contributed by atoms with Gasteiger partial charge in [-0.1, -0.05) is 10.2 Å². The van der Waals surface area contributed by atoms with Gasteiger partial charge in [-0.05, 0) is 11.1 Å². The molecule has 1 rings (SSSR count). The van der Waals surface area contributed by atoms with E-state index in [4.69, 9.17) is 20.5 Å². The second kappa shape index (κ2) is 5.23. The second-order valence-electron chi connectivity index (χ2n) is 2.40. The summed E-state index contributed by atoms with van der Waals surface area (Å²) >= 11 is 0. The lowest BCUT2D eigenvalue weighted by Gasteiger charge is -2.12. The third-order valence-electron chi connectivity index (χ3n) is 1.59. The fourth-order valence-corrected chi connectivity index (χ4v) is 0.972. The molecular formula is C5H8N6O2. The van der Waals surface area contributed by atoms with Crippen LogP contribution in [0.15, 0.2) is 10.2 Å². The van der Waals surface area contributed by atoms with E-state index in [-0.39, 0.29) is 20.0 Å². The Balaban J connectivity index is 2.71. The van der Waals surface area contributed by atoms with Gasteiger partial charge in [-0.2, -0.15) is 0 Å². The van der Waals surface area contributed by atoms with E-state index in [0.717, 1.165) is 0 Å². The summed E-state index contributed by atoms with van der Waals surface area (Å²) in [4.78, 5) is 5.28. The summed E-state index contributed by atoms with van der Waals surface area (Å²) in [5.74, 6) is 0. The van der Waals surface area contributed by atoms with Crippen molar-refractivity contribution < 1.29 is 9.47 Å². The van der Waals surface area contributed by atoms with Crippen molar-refractivity contribution in [1.29, 1.82) is 0 Å². The Morgan fingerprint density at radius 3 is 1.85 bits per heavy atom. The highest BCUT2D eigenvalue weighted by Crippen LogP contribution is 2.10. The molecule has 1 aliphatic heterocycles. The smallest absolute Gasteiger partial charge is 0.146 e. The van der Waals surface area contributed by atoms with Crippen LogP contribution >= 0.6 is 0 Å². The SMILES string of the molecule is [N-]=[N+]=NC1COCOCC1N=[N+]=[N-]. The quantitative estimate of drug-likeness (QED) is 0.366. The maximum absolute atomic E-state index is 8.22. The lowest BCUT2D eigenvalue weighted by molar-refractivity contribution is -0.0337. The highest BCUT2D eigenvalue weighted by atomic mass is 16.7. The number of ether oxygens (including phenoxy) is 2. The summed E-state index contributed by atoms with van der Waals surface area (Å²) in [6.45, 7) is 0.566. The first-order valence-corrected chi connectivity index (χ1v) is 3.62. The molecule has 1 aliphatic rings. The van der Waals surface area contributed by atoms with Crippen molar-refractivity contribution in [3.8, 4) is 0 Å². The Hall–Kier alpha value is -1.46. The third-order valence-corrected chi connectivity index (χ3v) is 1.59. The average molecular weight is 184 g/mol. The molecule has 0 amide bonds. The molecule has 1 saturated heterocycles. The van der Waals surface area contributed by atoms with Crippen molar-refractivity contribution in [2.45, 2.75) is 12.1 Å². The first kappa shape index (κ1) is 9.63. The highest BCUT2D eigenvalue weighted by molar-refractivity contribution is 4.83. The highest BCUT2D eigenvalue weighted by Gasteiger charge is 2.22. The van der Waals surface area contributed by atoms with Gasteiger partial charge in [0.05, 0.1) is 25.3 Å². The van der Waals surface area contributed by atoms with Crippen LogP contribution in [0.1, 0.15) is 0 Å². The van der Waals surface area contributed by atoms with E-state index in [1.165, 1.54) is 0 Å². The lowest BCUT2D eigenvalue weighted by atomic mass is 10.2. The van der Waals surface area contributed by atoms with Crippen molar-refractivity contribution in [3.63, 3.8) is 0 Å². The van der Waals surface area contributed by atoms with Crippen LogP contribution in [0, 0.1) is 0 Å². The summed E-state index contributed by atoms with van der Waals surface area (Å²) < 4.78 is 9.93. The van der Waals surface area contributed by atoms with Gasteiger partial charge in [-0.25, -0.2) is 0 Å². The zero-order valence-corrected chi connectivity index (χ0v) is 6.78. The van der Waals surface area contributed by atoms with Crippen molar-refractivity contribution in [1.82, 2.24) is 0 Å². The first-order valence-electron chi connectivity index (χ1n) is 3.62. The summed E-state index contributed by atoms with van der Waals surface area (Å²) in [6, 6.07) is -0.966. The number of hydrogen-bond donors (Lipinski definition) is 0. The van der Waals surface area contributed by atoms with Crippen LogP contribution in [-0.4, -0.2) is 32.1 Å². The van der Waals surface area contributed by atoms with Crippen molar-refractivity contribution in [2.24, 2.45) is 10.2 Å². The van der Waals surface area contributed by atoms with Crippen LogP contribution in [0.2, 0.25) is 0 Å². The molecule has 8 nitrogen and oxygen atoms in total. The van der Waals surface area contributed by atoms with Crippen molar-refractivity contribution in [2.75, 3.05) is 20.0 Å². The van der Waals surface area contributed by atoms with E-state index >= 15 is 0 Å². The number of nitrogens with zero attached hydrogens (tertiary/aromatic N) is 6. The molecule has 13 heavy (non-hydrogen) atoms. The molecule has 0 saturated carbocycles. The summed E-state index contributed by atoms with van der Waals surface area (Å²) in [5, 5.41) is 6.91. The van der Waals surface area contributed by atoms with E-state index < -0.39 is 12.1 Å². The molecule has 0 aromatic rings. The van der Waals surface area contributed by atoms with E-state index in [0.29, 0.717) is 0 Å². The fourth-order valence-electron chi connectivity index (χ4n) is 0.972. The first-order chi connectivity index (χ1) is 6.38. The predicted molar refractivity (Wildman–Crippen MR) is 42.6 cm³/mol. The van der Waals surface area contributed by atoms with Crippen LogP contribution in [0.4, 0.5) is 0 Å². The molecule has 70 valence electrons. The summed E-state index contributed by atoms with van der Waals surface area (Å²) in [7, 11) is 0. The topological polar surface area (TPSA) is 116 Å². The fraction of sp³-hybridized carbons (Fsp3) is 1.00. The molecule has 2 unspecified atom stereocenters. The zero-order chi connectivity index (χ0) is 9.52. The number of hydrogen-bond acceptors (Lipinski definition) is 4. The van der Waals surface area contributed by atoms with Gasteiger partial charge in [-0.3, -0.25) is 0 Å².